The molecule has 4 aromatic rings. The van der Waals surface area contributed by atoms with Gasteiger partial charge in [0, 0.05) is 10.9 Å². The third kappa shape index (κ3) is 3.77. The molecule has 1 heterocycles. The lowest BCUT2D eigenvalue weighted by molar-refractivity contribution is 0.484. The maximum absolute atomic E-state index is 6.48. The highest BCUT2D eigenvalue weighted by atomic mass is 35.5. The molecule has 0 bridgehead atoms. The van der Waals surface area contributed by atoms with Gasteiger partial charge in [0.2, 0.25) is 0 Å². The van der Waals surface area contributed by atoms with Gasteiger partial charge >= 0.3 is 0 Å². The fourth-order valence-electron chi connectivity index (χ4n) is 3.55. The number of aromatic nitrogens is 1. The Kier molecular flexibility index (Phi) is 5.65. The lowest BCUT2D eigenvalue weighted by Crippen LogP contribution is -1.99. The molecular formula is C24H23ClN2O. The number of nitrogens with two attached hydrogens (primary N) is 1. The van der Waals surface area contributed by atoms with E-state index in [1.54, 1.807) is 0 Å². The third-order valence-corrected chi connectivity index (χ3v) is 5.21. The Morgan fingerprint density at radius 1 is 0.857 bits per heavy atom. The molecule has 142 valence electrons. The van der Waals surface area contributed by atoms with Crippen molar-refractivity contribution >= 4 is 22.5 Å². The number of ether oxygens (including phenoxy) is 1. The van der Waals surface area contributed by atoms with Crippen molar-refractivity contribution in [1.29, 1.82) is 0 Å². The quantitative estimate of drug-likeness (QED) is 0.351. The van der Waals surface area contributed by atoms with E-state index in [4.69, 9.17) is 22.1 Å². The standard InChI is InChI=1S/C24H23ClN2O/c25-21-14-8-13-19-18(11-6-7-16-26)23(27-24(19)21)20-12-4-5-15-22(20)28-17-9-2-1-3-10-17/h1-5,8-10,12-15,27H,6-7,11,16,26H2. The lowest BCUT2D eigenvalue weighted by Gasteiger charge is -2.12. The highest BCUT2D eigenvalue weighted by Gasteiger charge is 2.17. The Morgan fingerprint density at radius 3 is 2.46 bits per heavy atom. The van der Waals surface area contributed by atoms with Crippen LogP contribution in [0.25, 0.3) is 22.2 Å². The number of rotatable bonds is 7. The molecule has 3 aromatic carbocycles. The van der Waals surface area contributed by atoms with E-state index in [0.29, 0.717) is 6.54 Å². The number of hydrogen-bond acceptors (Lipinski definition) is 2. The van der Waals surface area contributed by atoms with Crippen molar-refractivity contribution in [3.63, 3.8) is 0 Å². The van der Waals surface area contributed by atoms with Crippen molar-refractivity contribution in [1.82, 2.24) is 4.98 Å². The van der Waals surface area contributed by atoms with E-state index < -0.39 is 0 Å². The van der Waals surface area contributed by atoms with E-state index in [9.17, 15) is 0 Å². The minimum absolute atomic E-state index is 0.701. The Balaban J connectivity index is 1.82. The largest absolute Gasteiger partial charge is 0.457 e. The predicted molar refractivity (Wildman–Crippen MR) is 117 cm³/mol. The second-order valence-corrected chi connectivity index (χ2v) is 7.21. The van der Waals surface area contributed by atoms with Gasteiger partial charge in [-0.25, -0.2) is 0 Å². The summed E-state index contributed by atoms with van der Waals surface area (Å²) in [5.41, 5.74) is 10.0. The molecule has 3 N–H and O–H groups in total. The number of halogens is 1. The first kappa shape index (κ1) is 18.6. The van der Waals surface area contributed by atoms with Crippen LogP contribution in [0.5, 0.6) is 11.5 Å². The summed E-state index contributed by atoms with van der Waals surface area (Å²) in [6.45, 7) is 0.701. The van der Waals surface area contributed by atoms with Gasteiger partial charge < -0.3 is 15.5 Å². The SMILES string of the molecule is NCCCCc1c(-c2ccccc2Oc2ccccc2)[nH]c2c(Cl)cccc12. The Bertz CT molecular complexity index is 1070. The summed E-state index contributed by atoms with van der Waals surface area (Å²) in [6, 6.07) is 24.0. The zero-order valence-electron chi connectivity index (χ0n) is 15.6. The fourth-order valence-corrected chi connectivity index (χ4v) is 3.77. The van der Waals surface area contributed by atoms with Gasteiger partial charge in [-0.15, -0.1) is 0 Å². The van der Waals surface area contributed by atoms with Crippen molar-refractivity contribution in [2.45, 2.75) is 19.3 Å². The number of nitrogens with one attached hydrogen (secondary N) is 1. The van der Waals surface area contributed by atoms with E-state index >= 15 is 0 Å². The molecular weight excluding hydrogens is 368 g/mol. The van der Waals surface area contributed by atoms with E-state index in [-0.39, 0.29) is 0 Å². The summed E-state index contributed by atoms with van der Waals surface area (Å²) >= 11 is 6.48. The average molecular weight is 391 g/mol. The van der Waals surface area contributed by atoms with Gasteiger partial charge in [-0.2, -0.15) is 0 Å². The van der Waals surface area contributed by atoms with Crippen molar-refractivity contribution in [2.24, 2.45) is 5.73 Å². The summed E-state index contributed by atoms with van der Waals surface area (Å²) < 4.78 is 6.20. The molecule has 0 amide bonds. The number of benzene rings is 3. The topological polar surface area (TPSA) is 51.0 Å². The Hall–Kier alpha value is -2.75. The van der Waals surface area contributed by atoms with E-state index in [1.165, 1.54) is 5.56 Å². The van der Waals surface area contributed by atoms with Crippen LogP contribution in [-0.4, -0.2) is 11.5 Å². The van der Waals surface area contributed by atoms with Crippen molar-refractivity contribution < 1.29 is 4.74 Å². The second kappa shape index (κ2) is 8.51. The van der Waals surface area contributed by atoms with Gasteiger partial charge in [-0.05, 0) is 61.7 Å². The van der Waals surface area contributed by atoms with Gasteiger partial charge in [-0.1, -0.05) is 54.1 Å². The van der Waals surface area contributed by atoms with Gasteiger partial charge in [-0.3, -0.25) is 0 Å². The maximum atomic E-state index is 6.48. The zero-order chi connectivity index (χ0) is 19.3. The summed E-state index contributed by atoms with van der Waals surface area (Å²) in [6.07, 6.45) is 2.96. The molecule has 0 fully saturated rings. The van der Waals surface area contributed by atoms with Gasteiger partial charge in [0.15, 0.2) is 0 Å². The lowest BCUT2D eigenvalue weighted by atomic mass is 9.99. The minimum atomic E-state index is 0.701. The number of H-pyrrole nitrogens is 1. The molecule has 4 heteroatoms. The summed E-state index contributed by atoms with van der Waals surface area (Å²) in [7, 11) is 0. The summed E-state index contributed by atoms with van der Waals surface area (Å²) in [4.78, 5) is 3.56. The molecule has 0 atom stereocenters. The zero-order valence-corrected chi connectivity index (χ0v) is 16.4. The maximum Gasteiger partial charge on any atom is 0.136 e. The van der Waals surface area contributed by atoms with Crippen LogP contribution in [0.3, 0.4) is 0 Å². The van der Waals surface area contributed by atoms with Crippen LogP contribution >= 0.6 is 11.6 Å². The van der Waals surface area contributed by atoms with Crippen molar-refractivity contribution in [2.75, 3.05) is 6.54 Å². The fraction of sp³-hybridized carbons (Fsp3) is 0.167. The molecule has 0 aliphatic heterocycles. The molecule has 1 aromatic heterocycles. The van der Waals surface area contributed by atoms with Gasteiger partial charge in [0.25, 0.3) is 0 Å². The first-order valence-corrected chi connectivity index (χ1v) is 9.97. The predicted octanol–water partition coefficient (Wildman–Crippen LogP) is 6.56. The van der Waals surface area contributed by atoms with Crippen LogP contribution in [0.15, 0.2) is 72.8 Å². The summed E-state index contributed by atoms with van der Waals surface area (Å²) in [5.74, 6) is 1.63. The minimum Gasteiger partial charge on any atom is -0.457 e. The Labute approximate surface area is 170 Å². The number of para-hydroxylation sites is 3. The molecule has 4 rings (SSSR count). The van der Waals surface area contributed by atoms with Crippen LogP contribution in [0.4, 0.5) is 0 Å². The number of hydrogen-bond donors (Lipinski definition) is 2. The first-order chi connectivity index (χ1) is 13.8. The molecule has 0 unspecified atom stereocenters. The first-order valence-electron chi connectivity index (χ1n) is 9.59. The van der Waals surface area contributed by atoms with Crippen LogP contribution in [0.2, 0.25) is 5.02 Å². The van der Waals surface area contributed by atoms with Gasteiger partial charge in [0.1, 0.15) is 11.5 Å². The smallest absolute Gasteiger partial charge is 0.136 e. The van der Waals surface area contributed by atoms with Crippen molar-refractivity contribution in [3.8, 4) is 22.8 Å². The molecule has 28 heavy (non-hydrogen) atoms. The molecule has 0 spiro atoms. The number of fused-ring (bicyclic) bond motifs is 1. The van der Waals surface area contributed by atoms with Gasteiger partial charge in [0.05, 0.1) is 16.2 Å². The molecule has 0 radical (unpaired) electrons. The third-order valence-electron chi connectivity index (χ3n) is 4.90. The summed E-state index contributed by atoms with van der Waals surface area (Å²) in [5, 5.41) is 1.89. The van der Waals surface area contributed by atoms with Crippen LogP contribution in [-0.2, 0) is 6.42 Å². The molecule has 3 nitrogen and oxygen atoms in total. The van der Waals surface area contributed by atoms with Crippen LogP contribution in [0.1, 0.15) is 18.4 Å². The number of unbranched alkanes of at least 4 members (excludes halogenated alkanes) is 1. The monoisotopic (exact) mass is 390 g/mol. The molecule has 0 saturated carbocycles. The Morgan fingerprint density at radius 2 is 1.64 bits per heavy atom. The number of aromatic amines is 1. The van der Waals surface area contributed by atoms with E-state index in [0.717, 1.165) is 57.9 Å². The van der Waals surface area contributed by atoms with Crippen LogP contribution < -0.4 is 10.5 Å². The van der Waals surface area contributed by atoms with Crippen molar-refractivity contribution in [3.05, 3.63) is 83.4 Å². The van der Waals surface area contributed by atoms with E-state index in [1.807, 2.05) is 60.7 Å². The normalized spacial score (nSPS) is 11.1. The average Bonchev–Trinajstić information content (AvgIpc) is 3.09. The molecule has 0 aliphatic carbocycles. The molecule has 0 aliphatic rings. The highest BCUT2D eigenvalue weighted by Crippen LogP contribution is 2.39. The van der Waals surface area contributed by atoms with Crippen LogP contribution in [0, 0.1) is 0 Å². The molecule has 0 saturated heterocycles. The second-order valence-electron chi connectivity index (χ2n) is 6.80. The number of aryl methyl sites for hydroxylation is 1. The van der Waals surface area contributed by atoms with E-state index in [2.05, 4.69) is 17.1 Å². The highest BCUT2D eigenvalue weighted by molar-refractivity contribution is 6.35.